The van der Waals surface area contributed by atoms with E-state index in [4.69, 9.17) is 0 Å². The fourth-order valence-corrected chi connectivity index (χ4v) is 3.60. The van der Waals surface area contributed by atoms with Crippen LogP contribution in [0.25, 0.3) is 0 Å². The number of β-amino-alcohol motifs (C(OH)–C–C–N with tert-alkyl or cyclic N) is 1. The highest BCUT2D eigenvalue weighted by Crippen LogP contribution is 2.25. The van der Waals surface area contributed by atoms with Gasteiger partial charge in [-0.15, -0.1) is 0 Å². The van der Waals surface area contributed by atoms with Gasteiger partial charge in [-0.25, -0.2) is 12.8 Å². The molecule has 20 heavy (non-hydrogen) atoms. The van der Waals surface area contributed by atoms with Crippen molar-refractivity contribution in [3.8, 4) is 0 Å². The third-order valence-corrected chi connectivity index (χ3v) is 4.89. The lowest BCUT2D eigenvalue weighted by molar-refractivity contribution is -0.114. The first-order valence-corrected chi connectivity index (χ1v) is 7.50. The summed E-state index contributed by atoms with van der Waals surface area (Å²) in [5.41, 5.74) is 0.190. The maximum atomic E-state index is 13.9. The van der Waals surface area contributed by atoms with Gasteiger partial charge in [0.2, 0.25) is 15.9 Å². The SMILES string of the molecule is CC(=O)Nc1ccc(S(=O)(=O)N2CCC(O)C2)c(F)c1. The predicted octanol–water partition coefficient (Wildman–Crippen LogP) is 0.539. The number of rotatable bonds is 3. The van der Waals surface area contributed by atoms with Crippen LogP contribution in [0.15, 0.2) is 23.1 Å². The molecule has 2 rings (SSSR count). The van der Waals surface area contributed by atoms with E-state index in [0.29, 0.717) is 6.42 Å². The van der Waals surface area contributed by atoms with Gasteiger partial charge in [0.1, 0.15) is 10.7 Å². The Hall–Kier alpha value is -1.51. The molecule has 8 heteroatoms. The molecule has 0 spiro atoms. The predicted molar refractivity (Wildman–Crippen MR) is 70.1 cm³/mol. The number of hydrogen-bond acceptors (Lipinski definition) is 4. The zero-order chi connectivity index (χ0) is 14.9. The maximum Gasteiger partial charge on any atom is 0.246 e. The molecular formula is C12H15FN2O4S. The topological polar surface area (TPSA) is 86.7 Å². The summed E-state index contributed by atoms with van der Waals surface area (Å²) in [6.45, 7) is 1.40. The Balaban J connectivity index is 2.30. The van der Waals surface area contributed by atoms with Crippen molar-refractivity contribution in [3.05, 3.63) is 24.0 Å². The number of sulfonamides is 1. The molecule has 0 saturated carbocycles. The lowest BCUT2D eigenvalue weighted by atomic mass is 10.3. The first kappa shape index (κ1) is 14.9. The van der Waals surface area contributed by atoms with Crippen molar-refractivity contribution in [1.82, 2.24) is 4.31 Å². The summed E-state index contributed by atoms with van der Waals surface area (Å²) in [6, 6.07) is 3.39. The van der Waals surface area contributed by atoms with Crippen molar-refractivity contribution in [2.45, 2.75) is 24.3 Å². The molecule has 6 nitrogen and oxygen atoms in total. The molecule has 1 unspecified atom stereocenters. The van der Waals surface area contributed by atoms with Crippen LogP contribution in [0.4, 0.5) is 10.1 Å². The van der Waals surface area contributed by atoms with Crippen LogP contribution in [-0.2, 0) is 14.8 Å². The standard InChI is InChI=1S/C12H15FN2O4S/c1-8(16)14-9-2-3-12(11(13)6-9)20(18,19)15-5-4-10(17)7-15/h2-3,6,10,17H,4-5,7H2,1H3,(H,14,16). The number of aliphatic hydroxyl groups is 1. The minimum absolute atomic E-state index is 0.0325. The minimum atomic E-state index is -3.96. The smallest absolute Gasteiger partial charge is 0.246 e. The molecule has 1 aromatic rings. The van der Waals surface area contributed by atoms with E-state index in [2.05, 4.69) is 5.32 Å². The molecule has 0 radical (unpaired) electrons. The van der Waals surface area contributed by atoms with Crippen molar-refractivity contribution in [1.29, 1.82) is 0 Å². The summed E-state index contributed by atoms with van der Waals surface area (Å²) in [5.74, 6) is -1.31. The largest absolute Gasteiger partial charge is 0.392 e. The fourth-order valence-electron chi connectivity index (χ4n) is 2.06. The molecule has 1 heterocycles. The fraction of sp³-hybridized carbons (Fsp3) is 0.417. The first-order chi connectivity index (χ1) is 9.30. The van der Waals surface area contributed by atoms with Crippen LogP contribution >= 0.6 is 0 Å². The van der Waals surface area contributed by atoms with Crippen LogP contribution in [0.5, 0.6) is 0 Å². The van der Waals surface area contributed by atoms with E-state index in [-0.39, 0.29) is 24.7 Å². The number of halogens is 1. The molecule has 2 N–H and O–H groups in total. The summed E-state index contributed by atoms with van der Waals surface area (Å²) in [4.78, 5) is 10.4. The minimum Gasteiger partial charge on any atom is -0.392 e. The van der Waals surface area contributed by atoms with E-state index in [9.17, 15) is 22.7 Å². The van der Waals surface area contributed by atoms with Gasteiger partial charge in [0.15, 0.2) is 0 Å². The van der Waals surface area contributed by atoms with Crippen LogP contribution < -0.4 is 5.32 Å². The highest BCUT2D eigenvalue weighted by molar-refractivity contribution is 7.89. The molecule has 1 aliphatic rings. The Labute approximate surface area is 116 Å². The monoisotopic (exact) mass is 302 g/mol. The number of anilines is 1. The van der Waals surface area contributed by atoms with Gasteiger partial charge in [-0.1, -0.05) is 0 Å². The molecule has 0 aliphatic carbocycles. The molecule has 1 saturated heterocycles. The number of hydrogen-bond donors (Lipinski definition) is 2. The van der Waals surface area contributed by atoms with Gasteiger partial charge in [-0.2, -0.15) is 4.31 Å². The van der Waals surface area contributed by atoms with E-state index in [1.54, 1.807) is 0 Å². The Morgan fingerprint density at radius 3 is 2.70 bits per heavy atom. The molecule has 1 atom stereocenters. The molecule has 1 fully saturated rings. The van der Waals surface area contributed by atoms with Gasteiger partial charge in [0, 0.05) is 25.7 Å². The normalized spacial score (nSPS) is 20.1. The third-order valence-electron chi connectivity index (χ3n) is 3.00. The summed E-state index contributed by atoms with van der Waals surface area (Å²) in [7, 11) is -3.96. The summed E-state index contributed by atoms with van der Waals surface area (Å²) in [6.07, 6.45) is -0.378. The Morgan fingerprint density at radius 2 is 2.20 bits per heavy atom. The first-order valence-electron chi connectivity index (χ1n) is 6.06. The van der Waals surface area contributed by atoms with Gasteiger partial charge in [-0.05, 0) is 24.6 Å². The van der Waals surface area contributed by atoms with Gasteiger partial charge >= 0.3 is 0 Å². The van der Waals surface area contributed by atoms with Crippen molar-refractivity contribution >= 4 is 21.6 Å². The molecule has 1 aliphatic heterocycles. The van der Waals surface area contributed by atoms with Crippen molar-refractivity contribution in [3.63, 3.8) is 0 Å². The second-order valence-electron chi connectivity index (χ2n) is 4.63. The van der Waals surface area contributed by atoms with Crippen molar-refractivity contribution in [2.24, 2.45) is 0 Å². The maximum absolute atomic E-state index is 13.9. The van der Waals surface area contributed by atoms with Crippen molar-refractivity contribution < 1.29 is 22.7 Å². The van der Waals surface area contributed by atoms with E-state index >= 15 is 0 Å². The lowest BCUT2D eigenvalue weighted by Crippen LogP contribution is -2.30. The number of carbonyl (C=O) groups excluding carboxylic acids is 1. The van der Waals surface area contributed by atoms with Crippen LogP contribution in [0.3, 0.4) is 0 Å². The molecule has 1 aromatic carbocycles. The van der Waals surface area contributed by atoms with E-state index in [1.807, 2.05) is 0 Å². The quantitative estimate of drug-likeness (QED) is 0.853. The Morgan fingerprint density at radius 1 is 1.50 bits per heavy atom. The van der Waals surface area contributed by atoms with Crippen molar-refractivity contribution in [2.75, 3.05) is 18.4 Å². The lowest BCUT2D eigenvalue weighted by Gasteiger charge is -2.16. The molecule has 1 amide bonds. The Kier molecular flexibility index (Phi) is 4.07. The number of carbonyl (C=O) groups is 1. The van der Waals surface area contributed by atoms with Gasteiger partial charge < -0.3 is 10.4 Å². The van der Waals surface area contributed by atoms with Crippen LogP contribution in [0, 0.1) is 5.82 Å². The number of benzene rings is 1. The number of aliphatic hydroxyl groups excluding tert-OH is 1. The van der Waals surface area contributed by atoms with E-state index in [1.165, 1.54) is 13.0 Å². The number of amides is 1. The van der Waals surface area contributed by atoms with Crippen LogP contribution in [0.1, 0.15) is 13.3 Å². The summed E-state index contributed by atoms with van der Waals surface area (Å²) in [5, 5.41) is 11.7. The molecular weight excluding hydrogens is 287 g/mol. The van der Waals surface area contributed by atoms with Crippen LogP contribution in [0.2, 0.25) is 0 Å². The third kappa shape index (κ3) is 2.97. The highest BCUT2D eigenvalue weighted by atomic mass is 32.2. The highest BCUT2D eigenvalue weighted by Gasteiger charge is 2.33. The van der Waals surface area contributed by atoms with E-state index < -0.39 is 26.8 Å². The molecule has 0 bridgehead atoms. The van der Waals surface area contributed by atoms with E-state index in [0.717, 1.165) is 16.4 Å². The Bertz CT molecular complexity index is 632. The van der Waals surface area contributed by atoms with Gasteiger partial charge in [-0.3, -0.25) is 4.79 Å². The molecule has 110 valence electrons. The average Bonchev–Trinajstić information content (AvgIpc) is 2.75. The molecule has 0 aromatic heterocycles. The van der Waals surface area contributed by atoms with Crippen LogP contribution in [-0.4, -0.2) is 42.9 Å². The zero-order valence-electron chi connectivity index (χ0n) is 10.8. The second-order valence-corrected chi connectivity index (χ2v) is 6.54. The number of nitrogens with zero attached hydrogens (tertiary/aromatic N) is 1. The summed E-state index contributed by atoms with van der Waals surface area (Å²) < 4.78 is 39.4. The average molecular weight is 302 g/mol. The zero-order valence-corrected chi connectivity index (χ0v) is 11.7. The second kappa shape index (κ2) is 5.47. The summed E-state index contributed by atoms with van der Waals surface area (Å²) >= 11 is 0. The van der Waals surface area contributed by atoms with Gasteiger partial charge in [0.05, 0.1) is 6.10 Å². The van der Waals surface area contributed by atoms with Gasteiger partial charge in [0.25, 0.3) is 0 Å². The number of nitrogens with one attached hydrogen (secondary N) is 1.